The summed E-state index contributed by atoms with van der Waals surface area (Å²) in [5, 5.41) is 2.80. The topological polar surface area (TPSA) is 108 Å². The molecule has 2 fully saturated rings. The molecule has 10 nitrogen and oxygen atoms in total. The second kappa shape index (κ2) is 23.5. The zero-order chi connectivity index (χ0) is 44.4. The fourth-order valence-electron chi connectivity index (χ4n) is 7.86. The van der Waals surface area contributed by atoms with Crippen LogP contribution in [0.4, 0.5) is 11.4 Å². The summed E-state index contributed by atoms with van der Waals surface area (Å²) in [4.78, 5) is 55.5. The molecule has 6 aromatic rings. The van der Waals surface area contributed by atoms with Crippen molar-refractivity contribution in [2.24, 2.45) is 0 Å². The van der Waals surface area contributed by atoms with Crippen molar-refractivity contribution in [1.82, 2.24) is 10.2 Å². The molecule has 0 saturated carbocycles. The van der Waals surface area contributed by atoms with Crippen molar-refractivity contribution in [3.63, 3.8) is 0 Å². The van der Waals surface area contributed by atoms with Crippen LogP contribution >= 0.6 is 11.6 Å². The maximum absolute atomic E-state index is 13.9. The van der Waals surface area contributed by atoms with Crippen LogP contribution in [0, 0.1) is 0 Å². The Balaban J connectivity index is 0.000000173. The molecule has 0 unspecified atom stereocenters. The maximum atomic E-state index is 13.9. The summed E-state index contributed by atoms with van der Waals surface area (Å²) >= 11 is 5.67. The van der Waals surface area contributed by atoms with Crippen molar-refractivity contribution >= 4 is 46.1 Å². The van der Waals surface area contributed by atoms with Crippen molar-refractivity contribution in [1.29, 1.82) is 0 Å². The number of carbonyl (C=O) groups excluding carboxylic acids is 4. The Morgan fingerprint density at radius 1 is 0.508 bits per heavy atom. The number of anilines is 2. The number of ether oxygens (including phenoxy) is 2. The molecule has 2 saturated heterocycles. The van der Waals surface area contributed by atoms with Crippen molar-refractivity contribution in [3.8, 4) is 0 Å². The van der Waals surface area contributed by atoms with E-state index in [1.165, 1.54) is 14.2 Å². The number of halogens is 1. The van der Waals surface area contributed by atoms with Gasteiger partial charge in [-0.1, -0.05) is 158 Å². The van der Waals surface area contributed by atoms with E-state index >= 15 is 0 Å². The van der Waals surface area contributed by atoms with Gasteiger partial charge in [0.2, 0.25) is 11.1 Å². The number of esters is 2. The maximum Gasteiger partial charge on any atom is 0.330 e. The molecule has 324 valence electrons. The molecule has 0 radical (unpaired) electrons. The van der Waals surface area contributed by atoms with Gasteiger partial charge >= 0.3 is 11.9 Å². The van der Waals surface area contributed by atoms with Crippen LogP contribution in [0.5, 0.6) is 0 Å². The number of rotatable bonds is 10. The lowest BCUT2D eigenvalue weighted by atomic mass is 9.89. The number of piperazine rings is 2. The van der Waals surface area contributed by atoms with E-state index in [9.17, 15) is 19.2 Å². The summed E-state index contributed by atoms with van der Waals surface area (Å²) in [5.41, 5.74) is 5.85. The molecule has 0 spiro atoms. The first-order valence-corrected chi connectivity index (χ1v) is 21.4. The first-order valence-electron chi connectivity index (χ1n) is 21.0. The van der Waals surface area contributed by atoms with E-state index in [1.54, 1.807) is 4.90 Å². The van der Waals surface area contributed by atoms with Crippen LogP contribution in [0.1, 0.15) is 34.1 Å². The van der Waals surface area contributed by atoms with E-state index < -0.39 is 17.9 Å². The van der Waals surface area contributed by atoms with E-state index in [-0.39, 0.29) is 29.1 Å². The van der Waals surface area contributed by atoms with Crippen LogP contribution in [0.3, 0.4) is 0 Å². The third-order valence-corrected chi connectivity index (χ3v) is 11.3. The van der Waals surface area contributed by atoms with Gasteiger partial charge in [0, 0.05) is 50.6 Å². The molecule has 6 aromatic carbocycles. The molecule has 2 aliphatic rings. The standard InChI is InChI=1S/C26H26N2O3.C14H11ClO.C12H16N2O2/c1-31-26(30)23-19-27(22-15-9-4-10-16-22)17-18-28(23)25(29)24(20-11-5-2-6-12-20)21-13-7-3-8-14-21;15-14(16)13(11-7-3-1-4-8-11)12-9-5-2-6-10-12;1-16-12(15)11-9-14(8-7-13-11)10-5-3-2-4-6-10/h2-16,23-24H,17-19H2,1H3;1-10,13H;2-6,11,13H,7-9H2,1H3/t23-;;11-/m0.0/s1. The Kier molecular flexibility index (Phi) is 17.0. The lowest BCUT2D eigenvalue weighted by Gasteiger charge is -2.42. The molecule has 11 heteroatoms. The first kappa shape index (κ1) is 45.8. The Labute approximate surface area is 375 Å². The quantitative estimate of drug-likeness (QED) is 0.109. The molecular formula is C52H53ClN4O6. The van der Waals surface area contributed by atoms with E-state index in [2.05, 4.69) is 27.2 Å². The highest BCUT2D eigenvalue weighted by atomic mass is 35.5. The minimum Gasteiger partial charge on any atom is -0.468 e. The number of hydrogen-bond donors (Lipinski definition) is 1. The zero-order valence-corrected chi connectivity index (χ0v) is 36.3. The highest BCUT2D eigenvalue weighted by molar-refractivity contribution is 6.65. The van der Waals surface area contributed by atoms with Gasteiger partial charge in [-0.25, -0.2) is 4.79 Å². The van der Waals surface area contributed by atoms with Crippen LogP contribution in [0.2, 0.25) is 0 Å². The van der Waals surface area contributed by atoms with Crippen molar-refractivity contribution in [2.45, 2.75) is 23.9 Å². The number of para-hydroxylation sites is 2. The second-order valence-electron chi connectivity index (χ2n) is 15.0. The van der Waals surface area contributed by atoms with Gasteiger partial charge in [0.05, 0.1) is 26.1 Å². The molecule has 63 heavy (non-hydrogen) atoms. The summed E-state index contributed by atoms with van der Waals surface area (Å²) in [6.07, 6.45) is 0. The molecule has 1 N–H and O–H groups in total. The highest BCUT2D eigenvalue weighted by Gasteiger charge is 2.39. The molecule has 0 aliphatic carbocycles. The monoisotopic (exact) mass is 864 g/mol. The van der Waals surface area contributed by atoms with Crippen molar-refractivity contribution < 1.29 is 28.7 Å². The number of benzene rings is 6. The normalized spacial score (nSPS) is 15.9. The van der Waals surface area contributed by atoms with Crippen LogP contribution in [0.15, 0.2) is 182 Å². The summed E-state index contributed by atoms with van der Waals surface area (Å²) in [6, 6.07) is 57.7. The molecule has 2 heterocycles. The largest absolute Gasteiger partial charge is 0.468 e. The zero-order valence-electron chi connectivity index (χ0n) is 35.5. The van der Waals surface area contributed by atoms with Gasteiger partial charge < -0.3 is 29.5 Å². The molecule has 0 bridgehead atoms. The highest BCUT2D eigenvalue weighted by Crippen LogP contribution is 2.30. The number of nitrogens with one attached hydrogen (secondary N) is 1. The van der Waals surface area contributed by atoms with E-state index in [0.29, 0.717) is 26.2 Å². The smallest absolute Gasteiger partial charge is 0.330 e. The number of hydrogen-bond acceptors (Lipinski definition) is 9. The molecule has 1 amide bonds. The number of carbonyl (C=O) groups is 4. The fraction of sp³-hybridized carbons (Fsp3) is 0.231. The van der Waals surface area contributed by atoms with Gasteiger partial charge in [-0.15, -0.1) is 0 Å². The van der Waals surface area contributed by atoms with Gasteiger partial charge in [-0.3, -0.25) is 14.4 Å². The summed E-state index contributed by atoms with van der Waals surface area (Å²) in [6.45, 7) is 3.88. The predicted octanol–water partition coefficient (Wildman–Crippen LogP) is 7.93. The molecule has 0 aromatic heterocycles. The van der Waals surface area contributed by atoms with E-state index in [4.69, 9.17) is 21.1 Å². The van der Waals surface area contributed by atoms with E-state index in [0.717, 1.165) is 46.7 Å². The van der Waals surface area contributed by atoms with Gasteiger partial charge in [0.1, 0.15) is 12.1 Å². The number of nitrogens with zero attached hydrogens (tertiary/aromatic N) is 3. The number of amides is 1. The fourth-order valence-corrected chi connectivity index (χ4v) is 8.11. The van der Waals surface area contributed by atoms with Crippen LogP contribution in [0.25, 0.3) is 0 Å². The average Bonchev–Trinajstić information content (AvgIpc) is 3.35. The minimum absolute atomic E-state index is 0.0829. The Bertz CT molecular complexity index is 2250. The lowest BCUT2D eigenvalue weighted by molar-refractivity contribution is -0.153. The molecule has 2 aliphatic heterocycles. The average molecular weight is 865 g/mol. The van der Waals surface area contributed by atoms with Crippen LogP contribution < -0.4 is 15.1 Å². The summed E-state index contributed by atoms with van der Waals surface area (Å²) in [5.74, 6) is -1.52. The van der Waals surface area contributed by atoms with Crippen LogP contribution in [-0.4, -0.2) is 93.6 Å². The van der Waals surface area contributed by atoms with Gasteiger partial charge in [-0.05, 0) is 58.1 Å². The minimum atomic E-state index is -0.665. The SMILES string of the molecule is COC(=O)[C@@H]1CN(c2ccccc2)CCN1.COC(=O)[C@@H]1CN(c2ccccc2)CCN1C(=O)C(c1ccccc1)c1ccccc1.O=C(Cl)C(c1ccccc1)c1ccccc1. The number of methoxy groups -OCH3 is 2. The van der Waals surface area contributed by atoms with Gasteiger partial charge in [-0.2, -0.15) is 0 Å². The third kappa shape index (κ3) is 12.4. The van der Waals surface area contributed by atoms with Crippen LogP contribution in [-0.2, 0) is 28.7 Å². The first-order chi connectivity index (χ1) is 30.8. The van der Waals surface area contributed by atoms with Crippen molar-refractivity contribution in [2.75, 3.05) is 63.3 Å². The molecule has 8 rings (SSSR count). The van der Waals surface area contributed by atoms with Gasteiger partial charge in [0.25, 0.3) is 0 Å². The third-order valence-electron chi connectivity index (χ3n) is 11.0. The lowest BCUT2D eigenvalue weighted by Crippen LogP contribution is -2.59. The van der Waals surface area contributed by atoms with E-state index in [1.807, 2.05) is 170 Å². The summed E-state index contributed by atoms with van der Waals surface area (Å²) < 4.78 is 9.83. The Morgan fingerprint density at radius 3 is 1.29 bits per heavy atom. The predicted molar refractivity (Wildman–Crippen MR) is 249 cm³/mol. The Hall–Kier alpha value is -6.75. The van der Waals surface area contributed by atoms with Crippen molar-refractivity contribution in [3.05, 3.63) is 204 Å². The Morgan fingerprint density at radius 2 is 0.889 bits per heavy atom. The molecular weight excluding hydrogens is 812 g/mol. The second-order valence-corrected chi connectivity index (χ2v) is 15.3. The molecule has 2 atom stereocenters. The van der Waals surface area contributed by atoms with Gasteiger partial charge in [0.15, 0.2) is 0 Å². The summed E-state index contributed by atoms with van der Waals surface area (Å²) in [7, 11) is 2.80.